The average Bonchev–Trinajstić information content (AvgIpc) is 2.85. The van der Waals surface area contributed by atoms with Crippen LogP contribution >= 0.6 is 23.2 Å². The first kappa shape index (κ1) is 25.9. The Morgan fingerprint density at radius 2 is 1.78 bits per heavy atom. The zero-order valence-electron chi connectivity index (χ0n) is 19.4. The summed E-state index contributed by atoms with van der Waals surface area (Å²) in [7, 11) is 0. The van der Waals surface area contributed by atoms with Crippen LogP contribution in [0.3, 0.4) is 0 Å². The first-order chi connectivity index (χ1) is 17.7. The van der Waals surface area contributed by atoms with Crippen LogP contribution in [0.1, 0.15) is 23.6 Å². The fourth-order valence-electron chi connectivity index (χ4n) is 3.81. The number of carbonyl (C=O) groups is 3. The fraction of sp³-hybridized carbons (Fsp3) is 0.115. The Morgan fingerprint density at radius 1 is 1.03 bits per heavy atom. The third kappa shape index (κ3) is 5.47. The molecule has 9 nitrogen and oxygen atoms in total. The van der Waals surface area contributed by atoms with Gasteiger partial charge in [-0.25, -0.2) is 9.69 Å². The highest BCUT2D eigenvalue weighted by Gasteiger charge is 2.37. The number of benzene rings is 3. The predicted molar refractivity (Wildman–Crippen MR) is 139 cm³/mol. The van der Waals surface area contributed by atoms with Crippen LogP contribution in [-0.4, -0.2) is 29.4 Å². The minimum absolute atomic E-state index is 0.0572. The van der Waals surface area contributed by atoms with Gasteiger partial charge < -0.3 is 4.74 Å². The number of nitrogens with one attached hydrogen (secondary N) is 1. The molecular weight excluding hydrogens is 521 g/mol. The summed E-state index contributed by atoms with van der Waals surface area (Å²) in [6.07, 6.45) is 1.67. The topological polar surface area (TPSA) is 119 Å². The summed E-state index contributed by atoms with van der Waals surface area (Å²) in [5.41, 5.74) is 1.16. The Balaban J connectivity index is 1.73. The van der Waals surface area contributed by atoms with Crippen molar-refractivity contribution < 1.29 is 24.0 Å². The summed E-state index contributed by atoms with van der Waals surface area (Å²) in [5, 5.41) is 14.1. The highest BCUT2D eigenvalue weighted by Crippen LogP contribution is 2.34. The van der Waals surface area contributed by atoms with Gasteiger partial charge in [-0.3, -0.25) is 25.0 Å². The van der Waals surface area contributed by atoms with Gasteiger partial charge in [0, 0.05) is 34.2 Å². The van der Waals surface area contributed by atoms with Gasteiger partial charge in [-0.15, -0.1) is 0 Å². The zero-order chi connectivity index (χ0) is 26.7. The van der Waals surface area contributed by atoms with Crippen molar-refractivity contribution >= 4 is 58.5 Å². The van der Waals surface area contributed by atoms with Crippen LogP contribution in [0.25, 0.3) is 6.08 Å². The van der Waals surface area contributed by atoms with E-state index in [9.17, 15) is 24.5 Å². The lowest BCUT2D eigenvalue weighted by molar-refractivity contribution is -0.384. The van der Waals surface area contributed by atoms with E-state index in [0.717, 1.165) is 11.6 Å². The highest BCUT2D eigenvalue weighted by molar-refractivity contribution is 6.39. The molecule has 1 fully saturated rings. The number of non-ortho nitro benzene ring substituents is 1. The van der Waals surface area contributed by atoms with Gasteiger partial charge in [0.05, 0.1) is 17.2 Å². The van der Waals surface area contributed by atoms with Crippen LogP contribution in [0.15, 0.2) is 66.2 Å². The maximum atomic E-state index is 13.2. The lowest BCUT2D eigenvalue weighted by Gasteiger charge is -2.26. The number of nitrogens with zero attached hydrogens (tertiary/aromatic N) is 2. The molecule has 4 amide bonds. The lowest BCUT2D eigenvalue weighted by atomic mass is 10.00. The van der Waals surface area contributed by atoms with Crippen LogP contribution in [0.4, 0.5) is 16.2 Å². The number of hydrogen-bond acceptors (Lipinski definition) is 6. The van der Waals surface area contributed by atoms with E-state index in [4.69, 9.17) is 27.9 Å². The molecule has 0 saturated carbocycles. The van der Waals surface area contributed by atoms with Crippen molar-refractivity contribution in [3.8, 4) is 5.75 Å². The Bertz CT molecular complexity index is 1470. The maximum Gasteiger partial charge on any atom is 0.335 e. The van der Waals surface area contributed by atoms with Gasteiger partial charge in [0.1, 0.15) is 11.3 Å². The normalized spacial score (nSPS) is 14.6. The van der Waals surface area contributed by atoms with Crippen molar-refractivity contribution in [2.45, 2.75) is 13.3 Å². The Morgan fingerprint density at radius 3 is 2.49 bits per heavy atom. The van der Waals surface area contributed by atoms with E-state index in [1.54, 1.807) is 25.1 Å². The number of halogens is 2. The molecule has 3 aromatic carbocycles. The summed E-state index contributed by atoms with van der Waals surface area (Å²) < 4.78 is 5.79. The molecule has 1 saturated heterocycles. The molecule has 0 bridgehead atoms. The summed E-state index contributed by atoms with van der Waals surface area (Å²) >= 11 is 12.9. The van der Waals surface area contributed by atoms with Crippen molar-refractivity contribution in [1.29, 1.82) is 0 Å². The van der Waals surface area contributed by atoms with Crippen molar-refractivity contribution in [1.82, 2.24) is 5.32 Å². The van der Waals surface area contributed by atoms with Gasteiger partial charge in [0.15, 0.2) is 0 Å². The molecule has 0 unspecified atom stereocenters. The van der Waals surface area contributed by atoms with Crippen LogP contribution in [0.2, 0.25) is 10.0 Å². The minimum atomic E-state index is -1.02. The number of hydrogen-bond donors (Lipinski definition) is 1. The summed E-state index contributed by atoms with van der Waals surface area (Å²) in [4.78, 5) is 49.4. The largest absolute Gasteiger partial charge is 0.494 e. The third-order valence-electron chi connectivity index (χ3n) is 5.51. The molecule has 0 radical (unpaired) electrons. The Labute approximate surface area is 221 Å². The molecule has 4 rings (SSSR count). The molecule has 37 heavy (non-hydrogen) atoms. The molecule has 1 aliphatic rings. The van der Waals surface area contributed by atoms with E-state index < -0.39 is 22.8 Å². The van der Waals surface area contributed by atoms with Gasteiger partial charge in [0.25, 0.3) is 17.5 Å². The SMILES string of the molecule is CCOc1cc(/C=C2\C(=O)NC(=O)N(c3cccc([N+](=O)[O-])c3)C2=O)cc(Cl)c1Cc1ccccc1Cl. The average molecular weight is 540 g/mol. The quantitative estimate of drug-likeness (QED) is 0.182. The van der Waals surface area contributed by atoms with Gasteiger partial charge in [0.2, 0.25) is 0 Å². The van der Waals surface area contributed by atoms with E-state index >= 15 is 0 Å². The molecule has 0 atom stereocenters. The van der Waals surface area contributed by atoms with Gasteiger partial charge in [-0.05, 0) is 48.4 Å². The first-order valence-electron chi connectivity index (χ1n) is 11.0. The van der Waals surface area contributed by atoms with Crippen molar-refractivity contribution in [2.24, 2.45) is 0 Å². The van der Waals surface area contributed by atoms with Crippen LogP contribution < -0.4 is 15.0 Å². The molecular formula is C26H19Cl2N3O6. The van der Waals surface area contributed by atoms with E-state index in [2.05, 4.69) is 5.32 Å². The van der Waals surface area contributed by atoms with Crippen molar-refractivity contribution in [2.75, 3.05) is 11.5 Å². The molecule has 188 valence electrons. The molecule has 3 aromatic rings. The summed E-state index contributed by atoms with van der Waals surface area (Å²) in [5.74, 6) is -1.41. The molecule has 0 aromatic heterocycles. The predicted octanol–water partition coefficient (Wildman–Crippen LogP) is 5.56. The first-order valence-corrected chi connectivity index (χ1v) is 11.8. The number of amides is 4. The van der Waals surface area contributed by atoms with E-state index in [0.29, 0.717) is 44.8 Å². The highest BCUT2D eigenvalue weighted by atomic mass is 35.5. The van der Waals surface area contributed by atoms with Gasteiger partial charge >= 0.3 is 6.03 Å². The number of carbonyl (C=O) groups excluding carboxylic acids is 3. The van der Waals surface area contributed by atoms with Crippen LogP contribution in [0.5, 0.6) is 5.75 Å². The van der Waals surface area contributed by atoms with Gasteiger partial charge in [-0.1, -0.05) is 47.5 Å². The smallest absolute Gasteiger partial charge is 0.335 e. The monoisotopic (exact) mass is 539 g/mol. The molecule has 11 heteroatoms. The molecule has 1 aliphatic heterocycles. The molecule has 1 heterocycles. The number of barbiturate groups is 1. The van der Waals surface area contributed by atoms with Crippen molar-refractivity contribution in [3.05, 3.63) is 103 Å². The minimum Gasteiger partial charge on any atom is -0.494 e. The Hall–Kier alpha value is -4.21. The molecule has 0 spiro atoms. The van der Waals surface area contributed by atoms with Crippen LogP contribution in [-0.2, 0) is 16.0 Å². The third-order valence-corrected chi connectivity index (χ3v) is 6.22. The number of rotatable bonds is 7. The van der Waals surface area contributed by atoms with Gasteiger partial charge in [-0.2, -0.15) is 0 Å². The number of anilines is 1. The zero-order valence-corrected chi connectivity index (χ0v) is 20.9. The summed E-state index contributed by atoms with van der Waals surface area (Å²) in [6, 6.07) is 14.5. The van der Waals surface area contributed by atoms with E-state index in [-0.39, 0.29) is 16.9 Å². The lowest BCUT2D eigenvalue weighted by Crippen LogP contribution is -2.54. The van der Waals surface area contributed by atoms with E-state index in [1.165, 1.54) is 24.3 Å². The van der Waals surface area contributed by atoms with Crippen molar-refractivity contribution in [3.63, 3.8) is 0 Å². The second-order valence-electron chi connectivity index (χ2n) is 7.92. The number of nitro benzene ring substituents is 1. The number of nitro groups is 1. The maximum absolute atomic E-state index is 13.2. The number of urea groups is 1. The number of imide groups is 2. The Kier molecular flexibility index (Phi) is 7.56. The second-order valence-corrected chi connectivity index (χ2v) is 8.73. The molecule has 1 N–H and O–H groups in total. The van der Waals surface area contributed by atoms with Crippen LogP contribution in [0, 0.1) is 10.1 Å². The number of ether oxygens (including phenoxy) is 1. The molecule has 0 aliphatic carbocycles. The fourth-order valence-corrected chi connectivity index (χ4v) is 4.30. The summed E-state index contributed by atoms with van der Waals surface area (Å²) in [6.45, 7) is 2.14. The standard InChI is InChI=1S/C26H19Cl2N3O6/c1-2-37-23-12-15(11-22(28)19(23)13-16-6-3-4-9-21(16)27)10-20-24(32)29-26(34)30(25(20)33)17-7-5-8-18(14-17)31(35)36/h3-12,14H,2,13H2,1H3,(H,29,32,34)/b20-10+. The second kappa shape index (κ2) is 10.8. The van der Waals surface area contributed by atoms with E-state index in [1.807, 2.05) is 18.2 Å².